The van der Waals surface area contributed by atoms with Gasteiger partial charge in [-0.25, -0.2) is 0 Å². The van der Waals surface area contributed by atoms with Crippen LogP contribution in [0.25, 0.3) is 0 Å². The molecule has 1 heterocycles. The van der Waals surface area contributed by atoms with Gasteiger partial charge in [-0.15, -0.1) is 12.4 Å². The van der Waals surface area contributed by atoms with Crippen molar-refractivity contribution in [3.8, 4) is 0 Å². The molecule has 1 aliphatic rings. The van der Waals surface area contributed by atoms with Crippen molar-refractivity contribution in [1.82, 2.24) is 10.2 Å². The second-order valence-corrected chi connectivity index (χ2v) is 5.26. The molecule has 1 aliphatic heterocycles. The molecule has 0 aromatic heterocycles. The fraction of sp³-hybridized carbons (Fsp3) is 0.571. The minimum absolute atomic E-state index is 0. The van der Waals surface area contributed by atoms with Gasteiger partial charge in [-0.05, 0) is 31.0 Å². The smallest absolute Gasteiger partial charge is 0.0406 e. The molecule has 1 N–H and O–H groups in total. The van der Waals surface area contributed by atoms with Crippen molar-refractivity contribution < 1.29 is 0 Å². The van der Waals surface area contributed by atoms with Crippen molar-refractivity contribution in [2.75, 3.05) is 19.6 Å². The van der Waals surface area contributed by atoms with Gasteiger partial charge in [0.15, 0.2) is 0 Å². The van der Waals surface area contributed by atoms with E-state index in [2.05, 4.69) is 36.2 Å². The van der Waals surface area contributed by atoms with Gasteiger partial charge in [-0.2, -0.15) is 0 Å². The number of rotatable bonds is 3. The lowest BCUT2D eigenvalue weighted by molar-refractivity contribution is 0.145. The maximum Gasteiger partial charge on any atom is 0.0406 e. The zero-order chi connectivity index (χ0) is 12.3. The van der Waals surface area contributed by atoms with Gasteiger partial charge in [-0.1, -0.05) is 30.7 Å². The molecule has 2 nitrogen and oxygen atoms in total. The van der Waals surface area contributed by atoms with Gasteiger partial charge in [0.05, 0.1) is 0 Å². The third-order valence-corrected chi connectivity index (χ3v) is 3.73. The first kappa shape index (κ1) is 15.8. The Hall–Kier alpha value is -0.280. The van der Waals surface area contributed by atoms with E-state index < -0.39 is 0 Å². The Morgan fingerprint density at radius 2 is 2.06 bits per heavy atom. The molecule has 1 aromatic rings. The van der Waals surface area contributed by atoms with Crippen LogP contribution >= 0.6 is 24.0 Å². The van der Waals surface area contributed by atoms with Gasteiger partial charge in [0.2, 0.25) is 0 Å². The predicted molar refractivity (Wildman–Crippen MR) is 80.8 cm³/mol. The van der Waals surface area contributed by atoms with E-state index in [1.165, 1.54) is 5.56 Å². The van der Waals surface area contributed by atoms with E-state index in [4.69, 9.17) is 11.6 Å². The fourth-order valence-electron chi connectivity index (χ4n) is 2.63. The zero-order valence-corrected chi connectivity index (χ0v) is 12.6. The second kappa shape index (κ2) is 7.34. The molecule has 2 atom stereocenters. The topological polar surface area (TPSA) is 15.3 Å². The number of halogens is 2. The molecule has 1 aromatic carbocycles. The van der Waals surface area contributed by atoms with Gasteiger partial charge in [0.1, 0.15) is 0 Å². The third kappa shape index (κ3) is 3.86. The number of piperazine rings is 1. The van der Waals surface area contributed by atoms with Crippen molar-refractivity contribution in [3.05, 3.63) is 34.9 Å². The van der Waals surface area contributed by atoms with Gasteiger partial charge in [0.25, 0.3) is 0 Å². The van der Waals surface area contributed by atoms with E-state index in [1.807, 2.05) is 12.1 Å². The number of hydrogen-bond donors (Lipinski definition) is 1. The summed E-state index contributed by atoms with van der Waals surface area (Å²) in [6.45, 7) is 7.85. The predicted octanol–water partition coefficient (Wildman–Crippen LogP) is 3.51. The van der Waals surface area contributed by atoms with Gasteiger partial charge in [0, 0.05) is 36.7 Å². The lowest BCUT2D eigenvalue weighted by atomic mass is 10.0. The molecular weight excluding hydrogens is 267 g/mol. The van der Waals surface area contributed by atoms with Crippen LogP contribution < -0.4 is 5.32 Å². The maximum atomic E-state index is 5.94. The van der Waals surface area contributed by atoms with Crippen LogP contribution in [0.2, 0.25) is 5.02 Å². The van der Waals surface area contributed by atoms with E-state index in [-0.39, 0.29) is 12.4 Å². The highest BCUT2D eigenvalue weighted by Crippen LogP contribution is 2.26. The van der Waals surface area contributed by atoms with Gasteiger partial charge >= 0.3 is 0 Å². The largest absolute Gasteiger partial charge is 0.312 e. The summed E-state index contributed by atoms with van der Waals surface area (Å²) in [5.41, 5.74) is 1.38. The number of nitrogens with one attached hydrogen (secondary N) is 1. The average Bonchev–Trinajstić information content (AvgIpc) is 2.33. The summed E-state index contributed by atoms with van der Waals surface area (Å²) in [6, 6.07) is 9.41. The van der Waals surface area contributed by atoms with E-state index in [9.17, 15) is 0 Å². The molecule has 0 saturated carbocycles. The number of nitrogens with zero attached hydrogens (tertiary/aromatic N) is 1. The molecule has 0 bridgehead atoms. The van der Waals surface area contributed by atoms with E-state index in [0.717, 1.165) is 31.1 Å². The second-order valence-electron chi connectivity index (χ2n) is 4.83. The van der Waals surface area contributed by atoms with Crippen LogP contribution in [0.5, 0.6) is 0 Å². The van der Waals surface area contributed by atoms with Crippen LogP contribution in [0.15, 0.2) is 24.3 Å². The summed E-state index contributed by atoms with van der Waals surface area (Å²) in [6.07, 6.45) is 1.15. The Labute approximate surface area is 121 Å². The van der Waals surface area contributed by atoms with Crippen LogP contribution in [0, 0.1) is 0 Å². The molecule has 0 spiro atoms. The van der Waals surface area contributed by atoms with E-state index in [1.54, 1.807) is 0 Å². The van der Waals surface area contributed by atoms with Crippen LogP contribution in [0.1, 0.15) is 31.9 Å². The van der Waals surface area contributed by atoms with Crippen molar-refractivity contribution in [2.24, 2.45) is 0 Å². The molecule has 0 radical (unpaired) electrons. The Balaban J connectivity index is 0.00000162. The van der Waals surface area contributed by atoms with Crippen molar-refractivity contribution in [3.63, 3.8) is 0 Å². The first-order valence-electron chi connectivity index (χ1n) is 6.43. The maximum absolute atomic E-state index is 5.94. The molecule has 1 fully saturated rings. The van der Waals surface area contributed by atoms with Crippen LogP contribution in [-0.2, 0) is 0 Å². The SMILES string of the molecule is CCC(c1ccc(Cl)cc1)N1CCNC(C)C1.Cl. The lowest BCUT2D eigenvalue weighted by Crippen LogP contribution is -2.50. The molecule has 18 heavy (non-hydrogen) atoms. The Morgan fingerprint density at radius 3 is 2.61 bits per heavy atom. The molecule has 2 rings (SSSR count). The first-order chi connectivity index (χ1) is 8.20. The summed E-state index contributed by atoms with van der Waals surface area (Å²) in [5, 5.41) is 4.31. The summed E-state index contributed by atoms with van der Waals surface area (Å²) < 4.78 is 0. The van der Waals surface area contributed by atoms with Crippen LogP contribution in [-0.4, -0.2) is 30.6 Å². The molecule has 102 valence electrons. The lowest BCUT2D eigenvalue weighted by Gasteiger charge is -2.37. The Kier molecular flexibility index (Phi) is 6.44. The highest BCUT2D eigenvalue weighted by atomic mass is 35.5. The standard InChI is InChI=1S/C14H21ClN2.ClH/c1-3-14(12-4-6-13(15)7-5-12)17-9-8-16-11(2)10-17;/h4-7,11,14,16H,3,8-10H2,1-2H3;1H. The Morgan fingerprint density at radius 1 is 1.39 bits per heavy atom. The highest BCUT2D eigenvalue weighted by molar-refractivity contribution is 6.30. The van der Waals surface area contributed by atoms with Crippen molar-refractivity contribution in [2.45, 2.75) is 32.4 Å². The average molecular weight is 289 g/mol. The molecule has 0 aliphatic carbocycles. The van der Waals surface area contributed by atoms with Gasteiger partial charge in [-0.3, -0.25) is 4.90 Å². The molecular formula is C14H22Cl2N2. The minimum atomic E-state index is 0. The summed E-state index contributed by atoms with van der Waals surface area (Å²) in [7, 11) is 0. The quantitative estimate of drug-likeness (QED) is 0.916. The summed E-state index contributed by atoms with van der Waals surface area (Å²) in [4.78, 5) is 2.57. The van der Waals surface area contributed by atoms with Crippen LogP contribution in [0.4, 0.5) is 0 Å². The normalized spacial score (nSPS) is 22.3. The highest BCUT2D eigenvalue weighted by Gasteiger charge is 2.23. The molecule has 4 heteroatoms. The molecule has 1 saturated heterocycles. The fourth-order valence-corrected chi connectivity index (χ4v) is 2.76. The summed E-state index contributed by atoms with van der Waals surface area (Å²) in [5.74, 6) is 0. The minimum Gasteiger partial charge on any atom is -0.312 e. The molecule has 2 unspecified atom stereocenters. The number of hydrogen-bond acceptors (Lipinski definition) is 2. The van der Waals surface area contributed by atoms with Crippen molar-refractivity contribution >= 4 is 24.0 Å². The van der Waals surface area contributed by atoms with E-state index >= 15 is 0 Å². The zero-order valence-electron chi connectivity index (χ0n) is 11.0. The third-order valence-electron chi connectivity index (χ3n) is 3.48. The summed E-state index contributed by atoms with van der Waals surface area (Å²) >= 11 is 5.94. The monoisotopic (exact) mass is 288 g/mol. The van der Waals surface area contributed by atoms with Crippen LogP contribution in [0.3, 0.4) is 0 Å². The number of benzene rings is 1. The Bertz CT molecular complexity index is 353. The van der Waals surface area contributed by atoms with Crippen molar-refractivity contribution in [1.29, 1.82) is 0 Å². The van der Waals surface area contributed by atoms with Gasteiger partial charge < -0.3 is 5.32 Å². The van der Waals surface area contributed by atoms with E-state index in [0.29, 0.717) is 12.1 Å². The molecule has 0 amide bonds. The first-order valence-corrected chi connectivity index (χ1v) is 6.81.